The standard InChI is InChI=1S/C18H26N2/c1-2-5-14(6-3-1)18(11-19-17-9-10-17)20-12-15-7-4-8-16(15)13-20/h1-3,5-6,15-19H,4,7-13H2. The summed E-state index contributed by atoms with van der Waals surface area (Å²) in [6.07, 6.45) is 7.18. The predicted octanol–water partition coefficient (Wildman–Crippen LogP) is 3.21. The smallest absolute Gasteiger partial charge is 0.0472 e. The number of hydrogen-bond donors (Lipinski definition) is 1. The molecule has 2 heteroatoms. The molecule has 0 bridgehead atoms. The molecule has 3 atom stereocenters. The highest BCUT2D eigenvalue weighted by molar-refractivity contribution is 5.20. The van der Waals surface area contributed by atoms with Crippen LogP contribution in [-0.2, 0) is 0 Å². The molecular formula is C18H26N2. The van der Waals surface area contributed by atoms with Crippen LogP contribution in [0.1, 0.15) is 43.7 Å². The van der Waals surface area contributed by atoms with E-state index in [2.05, 4.69) is 40.5 Å². The molecule has 3 aliphatic rings. The van der Waals surface area contributed by atoms with Gasteiger partial charge in [-0.2, -0.15) is 0 Å². The third-order valence-corrected chi connectivity index (χ3v) is 5.56. The summed E-state index contributed by atoms with van der Waals surface area (Å²) in [5.41, 5.74) is 1.50. The van der Waals surface area contributed by atoms with Crippen LogP contribution >= 0.6 is 0 Å². The van der Waals surface area contributed by atoms with E-state index >= 15 is 0 Å². The maximum Gasteiger partial charge on any atom is 0.0472 e. The van der Waals surface area contributed by atoms with Crippen LogP contribution in [0.4, 0.5) is 0 Å². The van der Waals surface area contributed by atoms with E-state index in [1.165, 1.54) is 50.8 Å². The lowest BCUT2D eigenvalue weighted by atomic mass is 10.0. The molecule has 4 rings (SSSR count). The van der Waals surface area contributed by atoms with E-state index in [9.17, 15) is 0 Å². The van der Waals surface area contributed by atoms with Crippen LogP contribution in [-0.4, -0.2) is 30.6 Å². The van der Waals surface area contributed by atoms with Crippen LogP contribution in [0.15, 0.2) is 30.3 Å². The van der Waals surface area contributed by atoms with Crippen molar-refractivity contribution in [2.45, 2.75) is 44.2 Å². The third kappa shape index (κ3) is 2.64. The van der Waals surface area contributed by atoms with Crippen LogP contribution in [0.3, 0.4) is 0 Å². The van der Waals surface area contributed by atoms with E-state index in [0.29, 0.717) is 6.04 Å². The second-order valence-electron chi connectivity index (χ2n) is 7.01. The topological polar surface area (TPSA) is 15.3 Å². The van der Waals surface area contributed by atoms with Gasteiger partial charge in [0.1, 0.15) is 0 Å². The minimum Gasteiger partial charge on any atom is -0.312 e. The van der Waals surface area contributed by atoms with Crippen molar-refractivity contribution < 1.29 is 0 Å². The van der Waals surface area contributed by atoms with Gasteiger partial charge in [-0.05, 0) is 43.1 Å². The predicted molar refractivity (Wildman–Crippen MR) is 82.6 cm³/mol. The van der Waals surface area contributed by atoms with E-state index in [1.54, 1.807) is 0 Å². The molecule has 3 unspecified atom stereocenters. The highest BCUT2D eigenvalue weighted by Crippen LogP contribution is 2.40. The number of fused-ring (bicyclic) bond motifs is 1. The molecule has 1 aromatic rings. The summed E-state index contributed by atoms with van der Waals surface area (Å²) >= 11 is 0. The molecule has 1 heterocycles. The zero-order valence-corrected chi connectivity index (χ0v) is 12.3. The molecule has 0 amide bonds. The van der Waals surface area contributed by atoms with Crippen molar-refractivity contribution in [3.8, 4) is 0 Å². The number of hydrogen-bond acceptors (Lipinski definition) is 2. The third-order valence-electron chi connectivity index (χ3n) is 5.56. The summed E-state index contributed by atoms with van der Waals surface area (Å²) in [5.74, 6) is 1.98. The zero-order valence-electron chi connectivity index (χ0n) is 12.3. The van der Waals surface area contributed by atoms with Gasteiger partial charge in [0.25, 0.3) is 0 Å². The first kappa shape index (κ1) is 12.8. The van der Waals surface area contributed by atoms with Gasteiger partial charge in [0.2, 0.25) is 0 Å². The molecule has 1 aromatic carbocycles. The zero-order chi connectivity index (χ0) is 13.4. The Kier molecular flexibility index (Phi) is 3.53. The summed E-state index contributed by atoms with van der Waals surface area (Å²) < 4.78 is 0. The summed E-state index contributed by atoms with van der Waals surface area (Å²) in [6, 6.07) is 12.5. The monoisotopic (exact) mass is 270 g/mol. The lowest BCUT2D eigenvalue weighted by molar-refractivity contribution is 0.220. The lowest BCUT2D eigenvalue weighted by Gasteiger charge is -2.29. The Morgan fingerprint density at radius 3 is 2.35 bits per heavy atom. The van der Waals surface area contributed by atoms with E-state index in [-0.39, 0.29) is 0 Å². The van der Waals surface area contributed by atoms with Crippen molar-refractivity contribution in [1.82, 2.24) is 10.2 Å². The highest BCUT2D eigenvalue weighted by atomic mass is 15.2. The summed E-state index contributed by atoms with van der Waals surface area (Å²) in [7, 11) is 0. The Hall–Kier alpha value is -0.860. The summed E-state index contributed by atoms with van der Waals surface area (Å²) in [4.78, 5) is 2.76. The van der Waals surface area contributed by atoms with Crippen LogP contribution in [0.25, 0.3) is 0 Å². The summed E-state index contributed by atoms with van der Waals surface area (Å²) in [6.45, 7) is 3.79. The first-order valence-corrected chi connectivity index (χ1v) is 8.42. The van der Waals surface area contributed by atoms with Crippen molar-refractivity contribution in [2.75, 3.05) is 19.6 Å². The van der Waals surface area contributed by atoms with Gasteiger partial charge in [-0.15, -0.1) is 0 Å². The fourth-order valence-electron chi connectivity index (χ4n) is 4.22. The van der Waals surface area contributed by atoms with E-state index in [1.807, 2.05) is 0 Å². The molecule has 0 radical (unpaired) electrons. The van der Waals surface area contributed by atoms with Gasteiger partial charge in [-0.25, -0.2) is 0 Å². The van der Waals surface area contributed by atoms with Crippen LogP contribution in [0.5, 0.6) is 0 Å². The maximum absolute atomic E-state index is 3.76. The van der Waals surface area contributed by atoms with Gasteiger partial charge < -0.3 is 5.32 Å². The molecule has 2 aliphatic carbocycles. The molecule has 1 saturated heterocycles. The van der Waals surface area contributed by atoms with E-state index < -0.39 is 0 Å². The van der Waals surface area contributed by atoms with E-state index in [4.69, 9.17) is 0 Å². The molecule has 1 aliphatic heterocycles. The normalized spacial score (nSPS) is 31.4. The Bertz CT molecular complexity index is 428. The SMILES string of the molecule is c1ccc(C(CNC2CC2)N2CC3CCCC3C2)cc1. The summed E-state index contributed by atoms with van der Waals surface area (Å²) in [5, 5.41) is 3.76. The number of likely N-dealkylation sites (tertiary alicyclic amines) is 1. The molecule has 20 heavy (non-hydrogen) atoms. The Morgan fingerprint density at radius 2 is 1.70 bits per heavy atom. The number of nitrogens with zero attached hydrogens (tertiary/aromatic N) is 1. The quantitative estimate of drug-likeness (QED) is 0.884. The Labute approximate surface area is 122 Å². The Balaban J connectivity index is 1.48. The van der Waals surface area contributed by atoms with Gasteiger partial charge in [-0.1, -0.05) is 36.8 Å². The molecule has 3 fully saturated rings. The molecule has 108 valence electrons. The van der Waals surface area contributed by atoms with Crippen LogP contribution in [0, 0.1) is 11.8 Å². The van der Waals surface area contributed by atoms with Gasteiger partial charge in [-0.3, -0.25) is 4.90 Å². The first-order valence-electron chi connectivity index (χ1n) is 8.42. The lowest BCUT2D eigenvalue weighted by Crippen LogP contribution is -2.35. The van der Waals surface area contributed by atoms with Gasteiger partial charge >= 0.3 is 0 Å². The minimum atomic E-state index is 0.586. The van der Waals surface area contributed by atoms with Crippen molar-refractivity contribution in [1.29, 1.82) is 0 Å². The van der Waals surface area contributed by atoms with Crippen molar-refractivity contribution in [3.63, 3.8) is 0 Å². The molecule has 2 saturated carbocycles. The second kappa shape index (κ2) is 5.50. The van der Waals surface area contributed by atoms with Crippen molar-refractivity contribution in [3.05, 3.63) is 35.9 Å². The van der Waals surface area contributed by atoms with Crippen LogP contribution in [0.2, 0.25) is 0 Å². The number of rotatable bonds is 5. The van der Waals surface area contributed by atoms with Crippen molar-refractivity contribution >= 4 is 0 Å². The van der Waals surface area contributed by atoms with Crippen LogP contribution < -0.4 is 5.32 Å². The molecule has 0 aromatic heterocycles. The number of benzene rings is 1. The van der Waals surface area contributed by atoms with Gasteiger partial charge in [0.05, 0.1) is 0 Å². The van der Waals surface area contributed by atoms with Gasteiger partial charge in [0, 0.05) is 31.7 Å². The minimum absolute atomic E-state index is 0.586. The Morgan fingerprint density at radius 1 is 1.00 bits per heavy atom. The fraction of sp³-hybridized carbons (Fsp3) is 0.667. The fourth-order valence-corrected chi connectivity index (χ4v) is 4.22. The van der Waals surface area contributed by atoms with E-state index in [0.717, 1.165) is 24.4 Å². The average molecular weight is 270 g/mol. The number of nitrogens with one attached hydrogen (secondary N) is 1. The first-order chi connectivity index (χ1) is 9.90. The largest absolute Gasteiger partial charge is 0.312 e. The maximum atomic E-state index is 3.76. The second-order valence-corrected chi connectivity index (χ2v) is 7.01. The molecule has 1 N–H and O–H groups in total. The highest BCUT2D eigenvalue weighted by Gasteiger charge is 2.39. The molecule has 2 nitrogen and oxygen atoms in total. The molecule has 0 spiro atoms. The van der Waals surface area contributed by atoms with Gasteiger partial charge in [0.15, 0.2) is 0 Å². The average Bonchev–Trinajstić information content (AvgIpc) is 3.05. The molecular weight excluding hydrogens is 244 g/mol. The van der Waals surface area contributed by atoms with Crippen molar-refractivity contribution in [2.24, 2.45) is 11.8 Å².